The number of nitrogens with zero attached hydrogens (tertiary/aromatic N) is 2. The standard InChI is InChI=1S/C23H27N4O9P/c1-13(2)33-19(29)14(3)26-37(32,35-15-8-6-5-7-9-15)36-18-17-23(18,31)22(4,12-24)20(34-17)27-11-10-16(28)25-21(27)30/h5-11,13-14,17-18,20,31H,1-4H3,(H,26,32)(H,25,28,30)/t14-,17-,18?,20-,22+,23+,37?/m1/s1. The van der Waals surface area contributed by atoms with Crippen LogP contribution in [-0.4, -0.2) is 50.6 Å². The number of carbonyl (C=O) groups is 1. The van der Waals surface area contributed by atoms with Gasteiger partial charge in [0.2, 0.25) is 0 Å². The Hall–Kier alpha value is -3.27. The van der Waals surface area contributed by atoms with Gasteiger partial charge in [0, 0.05) is 12.3 Å². The molecule has 37 heavy (non-hydrogen) atoms. The van der Waals surface area contributed by atoms with Gasteiger partial charge in [0.25, 0.3) is 5.56 Å². The molecule has 1 aromatic heterocycles. The molecule has 0 spiro atoms. The lowest BCUT2D eigenvalue weighted by atomic mass is 9.82. The number of hydrogen-bond donors (Lipinski definition) is 3. The van der Waals surface area contributed by atoms with Crippen molar-refractivity contribution in [3.8, 4) is 11.8 Å². The molecule has 4 rings (SSSR count). The van der Waals surface area contributed by atoms with Crippen LogP contribution in [0.1, 0.15) is 33.9 Å². The molecule has 2 fully saturated rings. The zero-order valence-corrected chi connectivity index (χ0v) is 21.4. The fraction of sp³-hybridized carbons (Fsp3) is 0.478. The van der Waals surface area contributed by atoms with Gasteiger partial charge >= 0.3 is 19.4 Å². The Morgan fingerprint density at radius 3 is 2.54 bits per heavy atom. The number of benzene rings is 1. The van der Waals surface area contributed by atoms with Crippen LogP contribution in [0.25, 0.3) is 0 Å². The first-order valence-corrected chi connectivity index (χ1v) is 13.0. The number of aromatic nitrogens is 2. The number of rotatable bonds is 9. The number of aliphatic hydroxyl groups is 1. The van der Waals surface area contributed by atoms with Gasteiger partial charge in [-0.1, -0.05) is 18.2 Å². The zero-order valence-electron chi connectivity index (χ0n) is 20.5. The van der Waals surface area contributed by atoms with Gasteiger partial charge in [0.05, 0.1) is 12.2 Å². The molecule has 1 aromatic carbocycles. The van der Waals surface area contributed by atoms with E-state index < -0.39 is 66.6 Å². The molecule has 7 atom stereocenters. The lowest BCUT2D eigenvalue weighted by Gasteiger charge is -2.32. The van der Waals surface area contributed by atoms with Crippen LogP contribution in [0.5, 0.6) is 5.75 Å². The molecule has 2 aliphatic rings. The predicted molar refractivity (Wildman–Crippen MR) is 127 cm³/mol. The zero-order chi connectivity index (χ0) is 27.2. The van der Waals surface area contributed by atoms with Crippen LogP contribution in [0.15, 0.2) is 52.2 Å². The molecule has 14 heteroatoms. The van der Waals surface area contributed by atoms with Crippen molar-refractivity contribution in [1.82, 2.24) is 14.6 Å². The maximum Gasteiger partial charge on any atom is 0.459 e. The first-order chi connectivity index (χ1) is 17.3. The summed E-state index contributed by atoms with van der Waals surface area (Å²) in [6.45, 7) is 6.09. The van der Waals surface area contributed by atoms with E-state index in [9.17, 15) is 29.3 Å². The number of nitrogens with one attached hydrogen (secondary N) is 2. The van der Waals surface area contributed by atoms with Crippen LogP contribution in [-0.2, 0) is 23.4 Å². The maximum absolute atomic E-state index is 13.8. The van der Waals surface area contributed by atoms with Gasteiger partial charge in [0.15, 0.2) is 6.23 Å². The minimum absolute atomic E-state index is 0.155. The highest BCUT2D eigenvalue weighted by molar-refractivity contribution is 7.52. The highest BCUT2D eigenvalue weighted by Crippen LogP contribution is 2.68. The molecule has 1 saturated carbocycles. The molecule has 1 aliphatic heterocycles. The van der Waals surface area contributed by atoms with Crippen molar-refractivity contribution in [1.29, 1.82) is 5.26 Å². The molecule has 13 nitrogen and oxygen atoms in total. The average molecular weight is 534 g/mol. The molecule has 0 amide bonds. The molecule has 2 aromatic rings. The summed E-state index contributed by atoms with van der Waals surface area (Å²) in [5.41, 5.74) is -5.23. The van der Waals surface area contributed by atoms with Crippen LogP contribution in [0.2, 0.25) is 0 Å². The van der Waals surface area contributed by atoms with E-state index in [0.29, 0.717) is 0 Å². The number of nitriles is 1. The van der Waals surface area contributed by atoms with Gasteiger partial charge in [-0.3, -0.25) is 23.7 Å². The molecular formula is C23H27N4O9P. The molecule has 1 saturated heterocycles. The van der Waals surface area contributed by atoms with E-state index in [4.69, 9.17) is 18.5 Å². The monoisotopic (exact) mass is 534 g/mol. The Balaban J connectivity index is 1.61. The lowest BCUT2D eigenvalue weighted by molar-refractivity contribution is -0.149. The van der Waals surface area contributed by atoms with E-state index in [0.717, 1.165) is 16.8 Å². The number of carbonyl (C=O) groups excluding carboxylic acids is 1. The van der Waals surface area contributed by atoms with Crippen molar-refractivity contribution >= 4 is 13.7 Å². The van der Waals surface area contributed by atoms with E-state index >= 15 is 0 Å². The minimum atomic E-state index is -4.38. The molecule has 0 radical (unpaired) electrons. The summed E-state index contributed by atoms with van der Waals surface area (Å²) >= 11 is 0. The third kappa shape index (κ3) is 4.74. The van der Waals surface area contributed by atoms with E-state index in [2.05, 4.69) is 10.1 Å². The largest absolute Gasteiger partial charge is 0.462 e. The Morgan fingerprint density at radius 2 is 1.95 bits per heavy atom. The second-order valence-electron chi connectivity index (χ2n) is 9.33. The van der Waals surface area contributed by atoms with Crippen LogP contribution >= 0.6 is 7.75 Å². The molecule has 0 bridgehead atoms. The predicted octanol–water partition coefficient (Wildman–Crippen LogP) is 1.21. The summed E-state index contributed by atoms with van der Waals surface area (Å²) in [5.74, 6) is -0.553. The normalized spacial score (nSPS) is 30.6. The number of ether oxygens (including phenoxy) is 2. The van der Waals surface area contributed by atoms with Crippen LogP contribution in [0.4, 0.5) is 0 Å². The molecule has 3 N–H and O–H groups in total. The quantitative estimate of drug-likeness (QED) is 0.311. The molecule has 1 aliphatic carbocycles. The van der Waals surface area contributed by atoms with Crippen LogP contribution < -0.4 is 20.9 Å². The Labute approximate surface area is 211 Å². The smallest absolute Gasteiger partial charge is 0.459 e. The van der Waals surface area contributed by atoms with E-state index in [-0.39, 0.29) is 5.75 Å². The van der Waals surface area contributed by atoms with Gasteiger partial charge in [0.1, 0.15) is 35.0 Å². The van der Waals surface area contributed by atoms with E-state index in [1.807, 2.05) is 6.07 Å². The first kappa shape index (κ1) is 26.8. The molecule has 2 unspecified atom stereocenters. The van der Waals surface area contributed by atoms with Gasteiger partial charge in [-0.15, -0.1) is 0 Å². The average Bonchev–Trinajstić information content (AvgIpc) is 3.29. The summed E-state index contributed by atoms with van der Waals surface area (Å²) in [6, 6.07) is 9.96. The minimum Gasteiger partial charge on any atom is -0.462 e. The van der Waals surface area contributed by atoms with Crippen molar-refractivity contribution < 1.29 is 33.0 Å². The summed E-state index contributed by atoms with van der Waals surface area (Å²) in [6.07, 6.45) is -3.04. The highest BCUT2D eigenvalue weighted by Gasteiger charge is 2.84. The second kappa shape index (κ2) is 9.55. The SMILES string of the molecule is CC(C)OC(=O)[C@@H](C)NP(=O)(Oc1ccccc1)OC1[C@H]2O[C@@H](n3ccc(=O)[nH]c3=O)[C@](C)(C#N)[C@@]12O. The summed E-state index contributed by atoms with van der Waals surface area (Å²) < 4.78 is 37.1. The van der Waals surface area contributed by atoms with Crippen molar-refractivity contribution in [2.75, 3.05) is 0 Å². The summed E-state index contributed by atoms with van der Waals surface area (Å²) in [5, 5.41) is 24.0. The maximum atomic E-state index is 13.8. The van der Waals surface area contributed by atoms with Gasteiger partial charge < -0.3 is 19.1 Å². The number of para-hydroxylation sites is 1. The second-order valence-corrected chi connectivity index (χ2v) is 11.0. The van der Waals surface area contributed by atoms with Crippen molar-refractivity contribution in [3.63, 3.8) is 0 Å². The molecule has 2 heterocycles. The van der Waals surface area contributed by atoms with Crippen molar-refractivity contribution in [2.45, 2.75) is 63.9 Å². The summed E-state index contributed by atoms with van der Waals surface area (Å²) in [7, 11) is -4.38. The third-order valence-corrected chi connectivity index (χ3v) is 7.91. The van der Waals surface area contributed by atoms with Crippen molar-refractivity contribution in [3.05, 3.63) is 63.4 Å². The number of fused-ring (bicyclic) bond motifs is 1. The van der Waals surface area contributed by atoms with Crippen LogP contribution in [0, 0.1) is 16.7 Å². The Bertz CT molecular complexity index is 1390. The number of esters is 1. The van der Waals surface area contributed by atoms with E-state index in [1.54, 1.807) is 32.0 Å². The first-order valence-electron chi connectivity index (χ1n) is 11.5. The Kier molecular flexibility index (Phi) is 6.92. The topological polar surface area (TPSA) is 182 Å². The lowest BCUT2D eigenvalue weighted by Crippen LogP contribution is -2.45. The molecular weight excluding hydrogens is 507 g/mol. The van der Waals surface area contributed by atoms with Crippen LogP contribution in [0.3, 0.4) is 0 Å². The number of aromatic amines is 1. The fourth-order valence-electron chi connectivity index (χ4n) is 4.26. The number of H-pyrrole nitrogens is 1. The van der Waals surface area contributed by atoms with Gasteiger partial charge in [-0.05, 0) is 39.8 Å². The van der Waals surface area contributed by atoms with E-state index in [1.165, 1.54) is 26.0 Å². The third-order valence-electron chi connectivity index (χ3n) is 6.25. The van der Waals surface area contributed by atoms with Crippen molar-refractivity contribution in [2.24, 2.45) is 5.41 Å². The Morgan fingerprint density at radius 1 is 1.27 bits per heavy atom. The van der Waals surface area contributed by atoms with Gasteiger partial charge in [-0.2, -0.15) is 10.3 Å². The number of hydrogen-bond acceptors (Lipinski definition) is 10. The fourth-order valence-corrected chi connectivity index (χ4v) is 5.97. The van der Waals surface area contributed by atoms with Gasteiger partial charge in [-0.25, -0.2) is 9.36 Å². The summed E-state index contributed by atoms with van der Waals surface area (Å²) in [4.78, 5) is 38.2. The highest BCUT2D eigenvalue weighted by atomic mass is 31.2. The molecule has 198 valence electrons.